The Balaban J connectivity index is 1.89. The average molecular weight is 337 g/mol. The Morgan fingerprint density at radius 2 is 2.17 bits per heavy atom. The van der Waals surface area contributed by atoms with Crippen LogP contribution in [0.1, 0.15) is 39.7 Å². The van der Waals surface area contributed by atoms with Crippen molar-refractivity contribution in [3.63, 3.8) is 0 Å². The third-order valence-electron chi connectivity index (χ3n) is 3.37. The van der Waals surface area contributed by atoms with Crippen molar-refractivity contribution in [2.45, 2.75) is 58.7 Å². The highest BCUT2D eigenvalue weighted by atomic mass is 16.6. The molecule has 24 heavy (non-hydrogen) atoms. The summed E-state index contributed by atoms with van der Waals surface area (Å²) in [5.41, 5.74) is 0.852. The van der Waals surface area contributed by atoms with Crippen molar-refractivity contribution in [3.05, 3.63) is 23.8 Å². The fraction of sp³-hybridized carbons (Fsp3) is 0.562. The molecule has 1 heterocycles. The molecule has 0 unspecified atom stereocenters. The number of rotatable bonds is 5. The van der Waals surface area contributed by atoms with Crippen molar-refractivity contribution in [2.24, 2.45) is 0 Å². The molecule has 0 spiro atoms. The molecule has 0 aliphatic carbocycles. The summed E-state index contributed by atoms with van der Waals surface area (Å²) < 4.78 is 16.0. The Morgan fingerprint density at radius 3 is 2.83 bits per heavy atom. The second-order valence-corrected chi connectivity index (χ2v) is 6.82. The van der Waals surface area contributed by atoms with Crippen LogP contribution in [0.4, 0.5) is 4.79 Å². The summed E-state index contributed by atoms with van der Waals surface area (Å²) in [6.45, 7) is 7.34. The number of alkyl carbamates (subject to hydrolysis) is 1. The van der Waals surface area contributed by atoms with Crippen LogP contribution in [-0.4, -0.2) is 41.3 Å². The Labute approximate surface area is 142 Å². The van der Waals surface area contributed by atoms with Crippen LogP contribution in [0, 0.1) is 0 Å². The Hall–Kier alpha value is -1.77. The highest BCUT2D eigenvalue weighted by Gasteiger charge is 2.31. The van der Waals surface area contributed by atoms with Crippen molar-refractivity contribution in [1.82, 2.24) is 5.32 Å². The number of ether oxygens (including phenoxy) is 2. The SMILES string of the molecule is C[C@@H](C[C@H](O)NC(=O)OC(C)(C)C)Oc1cccc2c1B(O)OC2. The highest BCUT2D eigenvalue weighted by Crippen LogP contribution is 2.20. The number of aliphatic hydroxyl groups excluding tert-OH is 1. The fourth-order valence-corrected chi connectivity index (χ4v) is 2.43. The standard InChI is InChI=1S/C16H24BNO6/c1-10(8-13(19)18-15(20)24-16(2,3)4)23-12-7-5-6-11-9-22-17(21)14(11)12/h5-7,10,13,19,21H,8-9H2,1-4H3,(H,18,20)/t10-,13-/m0/s1. The molecule has 3 N–H and O–H groups in total. The molecule has 0 saturated heterocycles. The minimum absolute atomic E-state index is 0.167. The van der Waals surface area contributed by atoms with Crippen LogP contribution in [-0.2, 0) is 16.0 Å². The van der Waals surface area contributed by atoms with Crippen molar-refractivity contribution in [2.75, 3.05) is 0 Å². The lowest BCUT2D eigenvalue weighted by Crippen LogP contribution is -2.41. The van der Waals surface area contributed by atoms with Crippen LogP contribution in [0.5, 0.6) is 5.75 Å². The summed E-state index contributed by atoms with van der Waals surface area (Å²) >= 11 is 0. The van der Waals surface area contributed by atoms with E-state index >= 15 is 0 Å². The number of amides is 1. The molecule has 8 heteroatoms. The quantitative estimate of drug-likeness (QED) is 0.546. The number of benzene rings is 1. The average Bonchev–Trinajstić information content (AvgIpc) is 2.78. The van der Waals surface area contributed by atoms with Gasteiger partial charge in [-0.15, -0.1) is 0 Å². The zero-order valence-electron chi connectivity index (χ0n) is 14.4. The van der Waals surface area contributed by atoms with Crippen LogP contribution in [0.2, 0.25) is 0 Å². The molecule has 0 saturated carbocycles. The summed E-state index contributed by atoms with van der Waals surface area (Å²) in [4.78, 5) is 11.6. The lowest BCUT2D eigenvalue weighted by Gasteiger charge is -2.23. The Bertz CT molecular complexity index is 588. The lowest BCUT2D eigenvalue weighted by molar-refractivity contribution is 0.0272. The number of hydrogen-bond donors (Lipinski definition) is 3. The van der Waals surface area contributed by atoms with Gasteiger partial charge in [-0.25, -0.2) is 4.79 Å². The van der Waals surface area contributed by atoms with E-state index in [1.54, 1.807) is 33.8 Å². The predicted octanol–water partition coefficient (Wildman–Crippen LogP) is 0.905. The molecule has 1 aromatic carbocycles. The maximum atomic E-state index is 11.6. The topological polar surface area (TPSA) is 97.3 Å². The summed E-state index contributed by atoms with van der Waals surface area (Å²) in [6, 6.07) is 5.42. The predicted molar refractivity (Wildman–Crippen MR) is 88.9 cm³/mol. The number of fused-ring (bicyclic) bond motifs is 1. The van der Waals surface area contributed by atoms with Crippen LogP contribution in [0.15, 0.2) is 18.2 Å². The van der Waals surface area contributed by atoms with Gasteiger partial charge in [0, 0.05) is 11.9 Å². The molecule has 1 aliphatic rings. The monoisotopic (exact) mass is 337 g/mol. The first-order chi connectivity index (χ1) is 11.2. The molecule has 132 valence electrons. The zero-order chi connectivity index (χ0) is 17.9. The van der Waals surface area contributed by atoms with Crippen molar-refractivity contribution in [1.29, 1.82) is 0 Å². The summed E-state index contributed by atoms with van der Waals surface area (Å²) in [7, 11) is -1.01. The third-order valence-corrected chi connectivity index (χ3v) is 3.37. The fourth-order valence-electron chi connectivity index (χ4n) is 2.43. The van der Waals surface area contributed by atoms with E-state index in [-0.39, 0.29) is 6.42 Å². The largest absolute Gasteiger partial charge is 0.495 e. The van der Waals surface area contributed by atoms with Gasteiger partial charge in [0.25, 0.3) is 0 Å². The van der Waals surface area contributed by atoms with E-state index in [1.807, 2.05) is 12.1 Å². The first-order valence-corrected chi connectivity index (χ1v) is 7.91. The molecule has 0 fully saturated rings. The van der Waals surface area contributed by atoms with Gasteiger partial charge in [-0.05, 0) is 39.3 Å². The van der Waals surface area contributed by atoms with E-state index in [1.165, 1.54) is 0 Å². The number of carbonyl (C=O) groups excluding carboxylic acids is 1. The van der Waals surface area contributed by atoms with Gasteiger partial charge in [0.1, 0.15) is 23.7 Å². The van der Waals surface area contributed by atoms with Crippen LogP contribution >= 0.6 is 0 Å². The highest BCUT2D eigenvalue weighted by molar-refractivity contribution is 6.62. The molecule has 1 amide bonds. The van der Waals surface area contributed by atoms with Gasteiger partial charge < -0.3 is 24.3 Å². The van der Waals surface area contributed by atoms with E-state index in [9.17, 15) is 14.9 Å². The molecule has 7 nitrogen and oxygen atoms in total. The summed E-state index contributed by atoms with van der Waals surface area (Å²) in [5.74, 6) is 0.509. The first-order valence-electron chi connectivity index (χ1n) is 7.91. The second-order valence-electron chi connectivity index (χ2n) is 6.82. The number of carbonyl (C=O) groups is 1. The molecule has 2 rings (SSSR count). The van der Waals surface area contributed by atoms with Gasteiger partial charge in [-0.1, -0.05) is 12.1 Å². The van der Waals surface area contributed by atoms with Crippen LogP contribution < -0.4 is 15.5 Å². The van der Waals surface area contributed by atoms with E-state index < -0.39 is 31.1 Å². The van der Waals surface area contributed by atoms with E-state index in [0.717, 1.165) is 5.56 Å². The molecular weight excluding hydrogens is 313 g/mol. The molecule has 0 aromatic heterocycles. The van der Waals surface area contributed by atoms with Gasteiger partial charge in [-0.3, -0.25) is 5.32 Å². The van der Waals surface area contributed by atoms with Crippen molar-refractivity contribution < 1.29 is 29.1 Å². The summed E-state index contributed by atoms with van der Waals surface area (Å²) in [6.07, 6.45) is -2.02. The van der Waals surface area contributed by atoms with Crippen molar-refractivity contribution >= 4 is 18.7 Å². The van der Waals surface area contributed by atoms with Gasteiger partial charge in [0.05, 0.1) is 6.61 Å². The number of aliphatic hydroxyl groups is 1. The Morgan fingerprint density at radius 1 is 1.46 bits per heavy atom. The van der Waals surface area contributed by atoms with Gasteiger partial charge in [0.15, 0.2) is 0 Å². The van der Waals surface area contributed by atoms with Crippen LogP contribution in [0.25, 0.3) is 0 Å². The van der Waals surface area contributed by atoms with Gasteiger partial charge >= 0.3 is 13.2 Å². The normalized spacial score (nSPS) is 16.3. The zero-order valence-corrected chi connectivity index (χ0v) is 14.4. The lowest BCUT2D eigenvalue weighted by atomic mass is 9.79. The molecule has 1 aromatic rings. The Kier molecular flexibility index (Phi) is 5.74. The van der Waals surface area contributed by atoms with Gasteiger partial charge in [0.2, 0.25) is 0 Å². The van der Waals surface area contributed by atoms with Crippen LogP contribution in [0.3, 0.4) is 0 Å². The van der Waals surface area contributed by atoms with E-state index in [4.69, 9.17) is 14.1 Å². The van der Waals surface area contributed by atoms with E-state index in [0.29, 0.717) is 17.8 Å². The smallest absolute Gasteiger partial charge is 0.491 e. The minimum atomic E-state index is -1.10. The maximum Gasteiger partial charge on any atom is 0.495 e. The van der Waals surface area contributed by atoms with E-state index in [2.05, 4.69) is 5.32 Å². The minimum Gasteiger partial charge on any atom is -0.491 e. The number of nitrogens with one attached hydrogen (secondary N) is 1. The maximum absolute atomic E-state index is 11.6. The van der Waals surface area contributed by atoms with Gasteiger partial charge in [-0.2, -0.15) is 0 Å². The summed E-state index contributed by atoms with van der Waals surface area (Å²) in [5, 5.41) is 22.2. The molecular formula is C16H24BNO6. The van der Waals surface area contributed by atoms with Crippen molar-refractivity contribution in [3.8, 4) is 5.75 Å². The third kappa shape index (κ3) is 5.12. The molecule has 0 radical (unpaired) electrons. The molecule has 1 aliphatic heterocycles. The molecule has 0 bridgehead atoms. The first kappa shape index (κ1) is 18.6. The number of hydrogen-bond acceptors (Lipinski definition) is 6. The second kappa shape index (κ2) is 7.42. The molecule has 2 atom stereocenters.